The number of aryl methyl sites for hydroxylation is 1. The molecule has 1 aromatic carbocycles. The lowest BCUT2D eigenvalue weighted by Crippen LogP contribution is -2.36. The maximum Gasteiger partial charge on any atom is 0.274 e. The van der Waals surface area contributed by atoms with Gasteiger partial charge in [-0.1, -0.05) is 6.07 Å². The average Bonchev–Trinajstić information content (AvgIpc) is 3.44. The highest BCUT2D eigenvalue weighted by Gasteiger charge is 2.25. The van der Waals surface area contributed by atoms with E-state index in [0.29, 0.717) is 42.8 Å². The Morgan fingerprint density at radius 2 is 2.15 bits per heavy atom. The normalized spacial score (nSPS) is 18.9. The highest BCUT2D eigenvalue weighted by Crippen LogP contribution is 2.27. The van der Waals surface area contributed by atoms with Crippen molar-refractivity contribution in [2.45, 2.75) is 32.9 Å². The number of ether oxygens (including phenoxy) is 2. The van der Waals surface area contributed by atoms with Gasteiger partial charge in [-0.2, -0.15) is 5.10 Å². The average molecular weight is 465 g/mol. The number of carbonyl (C=O) groups excluding carboxylic acids is 1. The number of aromatic amines is 1. The number of rotatable bonds is 6. The van der Waals surface area contributed by atoms with Gasteiger partial charge in [0.2, 0.25) is 0 Å². The van der Waals surface area contributed by atoms with Gasteiger partial charge in [0.25, 0.3) is 5.91 Å². The van der Waals surface area contributed by atoms with E-state index < -0.39 is 0 Å². The molecule has 2 aliphatic rings. The number of likely N-dealkylation sites (tertiary alicyclic amines) is 1. The first-order valence-electron chi connectivity index (χ1n) is 12.0. The molecule has 1 saturated heterocycles. The van der Waals surface area contributed by atoms with Gasteiger partial charge in [-0.25, -0.2) is 0 Å². The van der Waals surface area contributed by atoms with E-state index in [9.17, 15) is 4.79 Å². The third kappa shape index (κ3) is 5.03. The number of methoxy groups -OCH3 is 1. The van der Waals surface area contributed by atoms with E-state index >= 15 is 0 Å². The van der Waals surface area contributed by atoms with Gasteiger partial charge < -0.3 is 18.8 Å². The van der Waals surface area contributed by atoms with E-state index in [1.807, 2.05) is 25.1 Å². The molecule has 0 bridgehead atoms. The zero-order chi connectivity index (χ0) is 23.5. The molecule has 1 atom stereocenters. The van der Waals surface area contributed by atoms with E-state index in [4.69, 9.17) is 13.9 Å². The number of aromatic nitrogens is 2. The lowest BCUT2D eigenvalue weighted by Gasteiger charge is -2.32. The van der Waals surface area contributed by atoms with Crippen molar-refractivity contribution in [1.82, 2.24) is 20.0 Å². The minimum Gasteiger partial charge on any atom is -0.491 e. The molecular formula is C26H32N4O4. The summed E-state index contributed by atoms with van der Waals surface area (Å²) in [6, 6.07) is 11.9. The fraction of sp³-hybridized carbons (Fsp3) is 0.462. The van der Waals surface area contributed by atoms with Crippen LogP contribution in [0.1, 0.15) is 40.2 Å². The minimum atomic E-state index is -0.119. The third-order valence-electron chi connectivity index (χ3n) is 6.61. The van der Waals surface area contributed by atoms with Crippen LogP contribution in [-0.2, 0) is 17.8 Å². The third-order valence-corrected chi connectivity index (χ3v) is 6.61. The molecule has 4 heterocycles. The molecule has 180 valence electrons. The molecule has 5 rings (SSSR count). The SMILES string of the molecule is COC[C@H]1CCCN(Cc2ccc3c(c2)CN(C(=O)c2cc(-c4ccc(C)o4)[nH]n2)CCO3)C1. The summed E-state index contributed by atoms with van der Waals surface area (Å²) in [7, 11) is 1.78. The molecular weight excluding hydrogens is 432 g/mol. The zero-order valence-electron chi connectivity index (χ0n) is 19.9. The number of hydrogen-bond acceptors (Lipinski definition) is 6. The van der Waals surface area contributed by atoms with Crippen molar-refractivity contribution in [2.75, 3.05) is 40.0 Å². The number of carbonyl (C=O) groups is 1. The molecule has 1 N–H and O–H groups in total. The summed E-state index contributed by atoms with van der Waals surface area (Å²) >= 11 is 0. The topological polar surface area (TPSA) is 83.8 Å². The van der Waals surface area contributed by atoms with Crippen molar-refractivity contribution in [1.29, 1.82) is 0 Å². The van der Waals surface area contributed by atoms with Crippen molar-refractivity contribution < 1.29 is 18.7 Å². The van der Waals surface area contributed by atoms with Crippen LogP contribution >= 0.6 is 0 Å². The van der Waals surface area contributed by atoms with Gasteiger partial charge in [-0.05, 0) is 62.1 Å². The molecule has 1 fully saturated rings. The molecule has 2 aliphatic heterocycles. The number of H-pyrrole nitrogens is 1. The van der Waals surface area contributed by atoms with E-state index in [1.165, 1.54) is 18.4 Å². The predicted octanol–water partition coefficient (Wildman–Crippen LogP) is 3.87. The first-order valence-corrected chi connectivity index (χ1v) is 12.0. The van der Waals surface area contributed by atoms with Gasteiger partial charge in [-0.3, -0.25) is 14.8 Å². The number of nitrogens with one attached hydrogen (secondary N) is 1. The Labute approximate surface area is 199 Å². The first kappa shape index (κ1) is 22.7. The lowest BCUT2D eigenvalue weighted by molar-refractivity contribution is 0.0727. The van der Waals surface area contributed by atoms with Crippen LogP contribution in [0.2, 0.25) is 0 Å². The summed E-state index contributed by atoms with van der Waals surface area (Å²) in [6.45, 7) is 7.23. The smallest absolute Gasteiger partial charge is 0.274 e. The maximum atomic E-state index is 13.2. The Hall–Kier alpha value is -3.10. The van der Waals surface area contributed by atoms with E-state index in [0.717, 1.165) is 43.3 Å². The van der Waals surface area contributed by atoms with Crippen LogP contribution in [0.15, 0.2) is 40.8 Å². The molecule has 0 radical (unpaired) electrons. The number of hydrogen-bond donors (Lipinski definition) is 1. The monoisotopic (exact) mass is 464 g/mol. The summed E-state index contributed by atoms with van der Waals surface area (Å²) in [4.78, 5) is 17.5. The van der Waals surface area contributed by atoms with Gasteiger partial charge in [-0.15, -0.1) is 0 Å². The molecule has 3 aromatic rings. The largest absolute Gasteiger partial charge is 0.491 e. The van der Waals surface area contributed by atoms with Crippen molar-refractivity contribution in [2.24, 2.45) is 5.92 Å². The molecule has 2 aromatic heterocycles. The maximum absolute atomic E-state index is 13.2. The van der Waals surface area contributed by atoms with Gasteiger partial charge >= 0.3 is 0 Å². The molecule has 0 aliphatic carbocycles. The van der Waals surface area contributed by atoms with Crippen molar-refractivity contribution >= 4 is 5.91 Å². The fourth-order valence-electron chi connectivity index (χ4n) is 4.94. The predicted molar refractivity (Wildman–Crippen MR) is 128 cm³/mol. The molecule has 0 spiro atoms. The van der Waals surface area contributed by atoms with E-state index in [1.54, 1.807) is 18.1 Å². The van der Waals surface area contributed by atoms with Gasteiger partial charge in [0.15, 0.2) is 11.5 Å². The summed E-state index contributed by atoms with van der Waals surface area (Å²) in [5.74, 6) is 2.81. The van der Waals surface area contributed by atoms with Gasteiger partial charge in [0, 0.05) is 38.4 Å². The van der Waals surface area contributed by atoms with Crippen LogP contribution in [0.4, 0.5) is 0 Å². The highest BCUT2D eigenvalue weighted by atomic mass is 16.5. The summed E-state index contributed by atoms with van der Waals surface area (Å²) in [5, 5.41) is 7.17. The van der Waals surface area contributed by atoms with Crippen LogP contribution in [0.5, 0.6) is 5.75 Å². The number of fused-ring (bicyclic) bond motifs is 1. The van der Waals surface area contributed by atoms with Crippen molar-refractivity contribution in [3.63, 3.8) is 0 Å². The Balaban J connectivity index is 1.28. The minimum absolute atomic E-state index is 0.119. The molecule has 8 nitrogen and oxygen atoms in total. The Bertz CT molecular complexity index is 1140. The first-order chi connectivity index (χ1) is 16.6. The zero-order valence-corrected chi connectivity index (χ0v) is 19.9. The lowest BCUT2D eigenvalue weighted by atomic mass is 9.98. The molecule has 1 amide bonds. The molecule has 0 unspecified atom stereocenters. The second-order valence-corrected chi connectivity index (χ2v) is 9.29. The van der Waals surface area contributed by atoms with Crippen LogP contribution in [0, 0.1) is 12.8 Å². The number of piperidine rings is 1. The number of benzene rings is 1. The summed E-state index contributed by atoms with van der Waals surface area (Å²) in [5.41, 5.74) is 3.34. The standard InChI is InChI=1S/C26H32N4O4/c1-18-5-7-25(34-18)22-13-23(28-27-22)26(31)30-10-11-33-24-8-6-19(12-21(24)16-30)14-29-9-3-4-20(15-29)17-32-2/h5-8,12-13,20H,3-4,9-11,14-17H2,1-2H3,(H,27,28)/t20-/m0/s1. The molecule has 34 heavy (non-hydrogen) atoms. The Morgan fingerprint density at radius 3 is 2.97 bits per heavy atom. The summed E-state index contributed by atoms with van der Waals surface area (Å²) < 4.78 is 17.0. The number of furan rings is 1. The van der Waals surface area contributed by atoms with Crippen molar-refractivity contribution in [3.05, 3.63) is 59.0 Å². The van der Waals surface area contributed by atoms with Gasteiger partial charge in [0.05, 0.1) is 13.2 Å². The van der Waals surface area contributed by atoms with Crippen LogP contribution in [0.3, 0.4) is 0 Å². The quantitative estimate of drug-likeness (QED) is 0.596. The van der Waals surface area contributed by atoms with Crippen molar-refractivity contribution in [3.8, 4) is 17.2 Å². The van der Waals surface area contributed by atoms with Crippen LogP contribution in [-0.4, -0.2) is 65.9 Å². The fourth-order valence-corrected chi connectivity index (χ4v) is 4.94. The Morgan fingerprint density at radius 1 is 1.24 bits per heavy atom. The molecule has 8 heteroatoms. The van der Waals surface area contributed by atoms with E-state index in [-0.39, 0.29) is 5.91 Å². The number of amides is 1. The second-order valence-electron chi connectivity index (χ2n) is 9.29. The van der Waals surface area contributed by atoms with Gasteiger partial charge in [0.1, 0.15) is 23.8 Å². The van der Waals surface area contributed by atoms with Crippen LogP contribution < -0.4 is 4.74 Å². The molecule has 0 saturated carbocycles. The number of nitrogens with zero attached hydrogens (tertiary/aromatic N) is 3. The second kappa shape index (κ2) is 10.0. The van der Waals surface area contributed by atoms with Crippen LogP contribution in [0.25, 0.3) is 11.5 Å². The Kier molecular flexibility index (Phi) is 6.69. The summed E-state index contributed by atoms with van der Waals surface area (Å²) in [6.07, 6.45) is 2.43. The highest BCUT2D eigenvalue weighted by molar-refractivity contribution is 5.93. The van der Waals surface area contributed by atoms with E-state index in [2.05, 4.69) is 27.2 Å².